The van der Waals surface area contributed by atoms with Gasteiger partial charge in [0.05, 0.1) is 19.2 Å². The van der Waals surface area contributed by atoms with E-state index in [9.17, 15) is 9.90 Å². The largest absolute Gasteiger partial charge is 0.496 e. The van der Waals surface area contributed by atoms with Crippen LogP contribution in [0.15, 0.2) is 12.1 Å². The fraction of sp³-hybridized carbons (Fsp3) is 0.462. The number of nitrogens with zero attached hydrogens (tertiary/aromatic N) is 1. The number of ether oxygens (including phenoxy) is 2. The van der Waals surface area contributed by atoms with E-state index in [1.54, 1.807) is 31.1 Å². The van der Waals surface area contributed by atoms with Gasteiger partial charge in [-0.1, -0.05) is 11.6 Å². The molecule has 106 valence electrons. The van der Waals surface area contributed by atoms with Crippen molar-refractivity contribution in [2.24, 2.45) is 0 Å². The van der Waals surface area contributed by atoms with E-state index in [2.05, 4.69) is 0 Å². The Labute approximate surface area is 117 Å². The first kappa shape index (κ1) is 15.6. The zero-order valence-corrected chi connectivity index (χ0v) is 12.2. The predicted molar refractivity (Wildman–Crippen MR) is 73.4 cm³/mol. The number of aliphatic carboxylic acids is 1. The van der Waals surface area contributed by atoms with Crippen molar-refractivity contribution >= 4 is 17.6 Å². The van der Waals surface area contributed by atoms with Gasteiger partial charge < -0.3 is 14.6 Å². The molecule has 0 aliphatic rings. The number of carboxylic acids is 1. The molecule has 0 saturated heterocycles. The first-order valence-corrected chi connectivity index (χ1v) is 6.08. The molecule has 0 aromatic heterocycles. The fourth-order valence-electron chi connectivity index (χ4n) is 1.78. The van der Waals surface area contributed by atoms with Crippen LogP contribution in [0.25, 0.3) is 0 Å². The SMILES string of the molecule is COc1cc(CC(C(=O)O)N(C)C)c(OC)cc1Cl. The Hall–Kier alpha value is -1.46. The second-order valence-electron chi connectivity index (χ2n) is 4.32. The first-order valence-electron chi connectivity index (χ1n) is 5.70. The number of rotatable bonds is 6. The van der Waals surface area contributed by atoms with Gasteiger partial charge in [-0.15, -0.1) is 0 Å². The van der Waals surface area contributed by atoms with Crippen molar-refractivity contribution in [2.75, 3.05) is 28.3 Å². The van der Waals surface area contributed by atoms with Gasteiger partial charge in [-0.2, -0.15) is 0 Å². The van der Waals surface area contributed by atoms with Crippen molar-refractivity contribution in [3.63, 3.8) is 0 Å². The van der Waals surface area contributed by atoms with Crippen LogP contribution >= 0.6 is 11.6 Å². The molecule has 0 aliphatic carbocycles. The highest BCUT2D eigenvalue weighted by atomic mass is 35.5. The van der Waals surface area contributed by atoms with Crippen LogP contribution in [0.4, 0.5) is 0 Å². The molecule has 19 heavy (non-hydrogen) atoms. The van der Waals surface area contributed by atoms with Crippen LogP contribution in [-0.4, -0.2) is 50.3 Å². The quantitative estimate of drug-likeness (QED) is 0.866. The van der Waals surface area contributed by atoms with Gasteiger partial charge >= 0.3 is 5.97 Å². The molecular formula is C13H18ClNO4. The van der Waals surface area contributed by atoms with Gasteiger partial charge in [0.25, 0.3) is 0 Å². The fourth-order valence-corrected chi connectivity index (χ4v) is 2.01. The molecule has 1 atom stereocenters. The molecule has 0 aliphatic heterocycles. The molecule has 0 saturated carbocycles. The molecule has 1 N–H and O–H groups in total. The van der Waals surface area contributed by atoms with Crippen molar-refractivity contribution in [3.05, 3.63) is 22.7 Å². The lowest BCUT2D eigenvalue weighted by Crippen LogP contribution is -2.37. The normalized spacial score (nSPS) is 12.3. The Morgan fingerprint density at radius 1 is 1.32 bits per heavy atom. The van der Waals surface area contributed by atoms with Crippen LogP contribution in [-0.2, 0) is 11.2 Å². The second kappa shape index (κ2) is 6.63. The number of carboxylic acid groups (broad SMARTS) is 1. The van der Waals surface area contributed by atoms with Crippen LogP contribution < -0.4 is 9.47 Å². The highest BCUT2D eigenvalue weighted by Gasteiger charge is 2.23. The molecule has 0 heterocycles. The summed E-state index contributed by atoms with van der Waals surface area (Å²) in [6.07, 6.45) is 0.305. The van der Waals surface area contributed by atoms with Crippen LogP contribution in [0, 0.1) is 0 Å². The highest BCUT2D eigenvalue weighted by Crippen LogP contribution is 2.33. The monoisotopic (exact) mass is 287 g/mol. The highest BCUT2D eigenvalue weighted by molar-refractivity contribution is 6.32. The third-order valence-corrected chi connectivity index (χ3v) is 3.17. The zero-order chi connectivity index (χ0) is 14.6. The van der Waals surface area contributed by atoms with Crippen LogP contribution in [0.2, 0.25) is 5.02 Å². The van der Waals surface area contributed by atoms with E-state index in [1.807, 2.05) is 0 Å². The Kier molecular flexibility index (Phi) is 5.44. The van der Waals surface area contributed by atoms with Gasteiger partial charge in [-0.05, 0) is 20.2 Å². The summed E-state index contributed by atoms with van der Waals surface area (Å²) in [6.45, 7) is 0. The summed E-state index contributed by atoms with van der Waals surface area (Å²) in [5.41, 5.74) is 0.741. The third kappa shape index (κ3) is 3.75. The lowest BCUT2D eigenvalue weighted by molar-refractivity contribution is -0.142. The average Bonchev–Trinajstić information content (AvgIpc) is 2.35. The van der Waals surface area contributed by atoms with E-state index in [-0.39, 0.29) is 0 Å². The van der Waals surface area contributed by atoms with Crippen molar-refractivity contribution in [2.45, 2.75) is 12.5 Å². The number of benzene rings is 1. The molecule has 1 unspecified atom stereocenters. The first-order chi connectivity index (χ1) is 8.90. The Morgan fingerprint density at radius 2 is 1.89 bits per heavy atom. The number of halogens is 1. The lowest BCUT2D eigenvalue weighted by atomic mass is 10.0. The minimum Gasteiger partial charge on any atom is -0.496 e. The summed E-state index contributed by atoms with van der Waals surface area (Å²) in [5.74, 6) is 0.167. The smallest absolute Gasteiger partial charge is 0.321 e. The number of methoxy groups -OCH3 is 2. The molecule has 6 heteroatoms. The van der Waals surface area contributed by atoms with E-state index < -0.39 is 12.0 Å². The molecule has 0 bridgehead atoms. The maximum absolute atomic E-state index is 11.2. The van der Waals surface area contributed by atoms with Gasteiger partial charge in [-0.25, -0.2) is 0 Å². The van der Waals surface area contributed by atoms with Gasteiger partial charge in [0.2, 0.25) is 0 Å². The third-order valence-electron chi connectivity index (χ3n) is 2.88. The van der Waals surface area contributed by atoms with Gasteiger partial charge in [-0.3, -0.25) is 9.69 Å². The van der Waals surface area contributed by atoms with Crippen LogP contribution in [0.1, 0.15) is 5.56 Å². The molecule has 0 spiro atoms. The predicted octanol–water partition coefficient (Wildman–Crippen LogP) is 1.91. The molecule has 5 nitrogen and oxygen atoms in total. The standard InChI is InChI=1S/C13H18ClNO4/c1-15(2)10(13(16)17)5-8-6-12(19-4)9(14)7-11(8)18-3/h6-7,10H,5H2,1-4H3,(H,16,17). The van der Waals surface area contributed by atoms with Crippen molar-refractivity contribution < 1.29 is 19.4 Å². The van der Waals surface area contributed by atoms with Gasteiger partial charge in [0.1, 0.15) is 17.5 Å². The van der Waals surface area contributed by atoms with Crippen molar-refractivity contribution in [3.8, 4) is 11.5 Å². The molecule has 0 fully saturated rings. The van der Waals surface area contributed by atoms with Gasteiger partial charge in [0.15, 0.2) is 0 Å². The molecule has 1 aromatic rings. The summed E-state index contributed by atoms with van der Waals surface area (Å²) in [4.78, 5) is 12.9. The molecule has 1 rings (SSSR count). The summed E-state index contributed by atoms with van der Waals surface area (Å²) in [6, 6.07) is 2.70. The Balaban J connectivity index is 3.14. The summed E-state index contributed by atoms with van der Waals surface area (Å²) in [5, 5.41) is 9.64. The van der Waals surface area contributed by atoms with E-state index >= 15 is 0 Å². The Morgan fingerprint density at radius 3 is 2.32 bits per heavy atom. The topological polar surface area (TPSA) is 59.0 Å². The lowest BCUT2D eigenvalue weighted by Gasteiger charge is -2.21. The minimum absolute atomic E-state index is 0.305. The minimum atomic E-state index is -0.888. The van der Waals surface area contributed by atoms with Crippen molar-refractivity contribution in [1.29, 1.82) is 0 Å². The Bertz CT molecular complexity index is 462. The molecule has 0 radical (unpaired) electrons. The number of hydrogen-bond acceptors (Lipinski definition) is 4. The average molecular weight is 288 g/mol. The maximum Gasteiger partial charge on any atom is 0.321 e. The number of hydrogen-bond donors (Lipinski definition) is 1. The summed E-state index contributed by atoms with van der Waals surface area (Å²) in [7, 11) is 6.47. The van der Waals surface area contributed by atoms with Crippen LogP contribution in [0.5, 0.6) is 11.5 Å². The maximum atomic E-state index is 11.2. The van der Waals surface area contributed by atoms with E-state index in [0.717, 1.165) is 5.56 Å². The molecule has 1 aromatic carbocycles. The molecular weight excluding hydrogens is 270 g/mol. The van der Waals surface area contributed by atoms with Crippen LogP contribution in [0.3, 0.4) is 0 Å². The second-order valence-corrected chi connectivity index (χ2v) is 4.73. The number of likely N-dealkylation sites (N-methyl/N-ethyl adjacent to an activating group) is 1. The van der Waals surface area contributed by atoms with E-state index in [0.29, 0.717) is 22.9 Å². The van der Waals surface area contributed by atoms with E-state index in [1.165, 1.54) is 14.2 Å². The van der Waals surface area contributed by atoms with E-state index in [4.69, 9.17) is 21.1 Å². The number of carbonyl (C=O) groups is 1. The zero-order valence-electron chi connectivity index (χ0n) is 11.4. The summed E-state index contributed by atoms with van der Waals surface area (Å²) >= 11 is 6.01. The van der Waals surface area contributed by atoms with Gasteiger partial charge in [0, 0.05) is 18.1 Å². The van der Waals surface area contributed by atoms with Crippen molar-refractivity contribution in [1.82, 2.24) is 4.90 Å². The summed E-state index contributed by atoms with van der Waals surface area (Å²) < 4.78 is 10.4. The molecule has 0 amide bonds.